The maximum atomic E-state index is 11.6. The molecule has 0 aliphatic carbocycles. The number of primary sulfonamides is 1. The molecule has 4 N–H and O–H groups in total. The number of sulfonamides is 1. The van der Waals surface area contributed by atoms with Gasteiger partial charge in [-0.25, -0.2) is 13.6 Å². The first kappa shape index (κ1) is 17.6. The molecule has 0 bridgehead atoms. The molecule has 0 aliphatic rings. The summed E-state index contributed by atoms with van der Waals surface area (Å²) in [5, 5.41) is 10.9. The number of carbonyl (C=O) groups is 1. The minimum atomic E-state index is -3.65. The Morgan fingerprint density at radius 2 is 1.76 bits per heavy atom. The van der Waals surface area contributed by atoms with Crippen LogP contribution < -0.4 is 15.8 Å². The van der Waals surface area contributed by atoms with E-state index in [1.54, 1.807) is 12.1 Å². The molecule has 0 saturated carbocycles. The first-order valence-corrected chi connectivity index (χ1v) is 8.26. The summed E-state index contributed by atoms with van der Waals surface area (Å²) in [4.78, 5) is 11.7. The number of nitrogens with two attached hydrogens (primary N) is 1. The third-order valence-corrected chi connectivity index (χ3v) is 3.70. The summed E-state index contributed by atoms with van der Waals surface area (Å²) in [7, 11) is -3.65. The second-order valence-electron chi connectivity index (χ2n) is 5.89. The van der Waals surface area contributed by atoms with Gasteiger partial charge in [0.15, 0.2) is 0 Å². The molecule has 0 atom stereocenters. The molecule has 1 rings (SSSR count). The summed E-state index contributed by atoms with van der Waals surface area (Å²) in [5.41, 5.74) is 0.840. The van der Waals surface area contributed by atoms with Crippen LogP contribution in [0.3, 0.4) is 0 Å². The number of benzene rings is 1. The van der Waals surface area contributed by atoms with Crippen LogP contribution in [0.2, 0.25) is 0 Å². The highest BCUT2D eigenvalue weighted by molar-refractivity contribution is 7.89. The fraction of sp³-hybridized carbons (Fsp3) is 0.500. The Kier molecular flexibility index (Phi) is 5.88. The van der Waals surface area contributed by atoms with Crippen LogP contribution in [0.25, 0.3) is 0 Å². The third kappa shape index (κ3) is 7.22. The van der Waals surface area contributed by atoms with Gasteiger partial charge in [0.05, 0.1) is 11.4 Å². The van der Waals surface area contributed by atoms with E-state index >= 15 is 0 Å². The van der Waals surface area contributed by atoms with Crippen LogP contribution in [0, 0.1) is 0 Å². The van der Waals surface area contributed by atoms with E-state index in [1.165, 1.54) is 12.1 Å². The lowest BCUT2D eigenvalue weighted by atomic mass is 10.1. The van der Waals surface area contributed by atoms with Crippen LogP contribution in [0.4, 0.5) is 0 Å². The van der Waals surface area contributed by atoms with Crippen LogP contribution >= 0.6 is 0 Å². The number of hydrogen-bond donors (Lipinski definition) is 3. The second-order valence-corrected chi connectivity index (χ2v) is 7.45. The van der Waals surface area contributed by atoms with Crippen LogP contribution in [-0.2, 0) is 21.2 Å². The van der Waals surface area contributed by atoms with Crippen molar-refractivity contribution in [3.8, 4) is 0 Å². The predicted molar refractivity (Wildman–Crippen MR) is 82.3 cm³/mol. The van der Waals surface area contributed by atoms with Crippen molar-refractivity contribution in [2.75, 3.05) is 13.1 Å². The number of carbonyl (C=O) groups excluding carboxylic acids is 1. The predicted octanol–water partition coefficient (Wildman–Crippen LogP) is 0.381. The Morgan fingerprint density at radius 1 is 1.19 bits per heavy atom. The normalized spacial score (nSPS) is 12.2. The van der Waals surface area contributed by atoms with Crippen molar-refractivity contribution in [2.45, 2.75) is 37.6 Å². The lowest BCUT2D eigenvalue weighted by Gasteiger charge is -2.20. The quantitative estimate of drug-likeness (QED) is 0.706. The topological polar surface area (TPSA) is 101 Å². The molecule has 0 aliphatic heterocycles. The van der Waals surface area contributed by atoms with E-state index in [4.69, 9.17) is 5.14 Å². The van der Waals surface area contributed by atoms with Gasteiger partial charge in [0.25, 0.3) is 0 Å². The second kappa shape index (κ2) is 7.02. The Hall–Kier alpha value is -1.44. The molecule has 0 heterocycles. The Morgan fingerprint density at radius 3 is 2.24 bits per heavy atom. The molecule has 0 unspecified atom stereocenters. The van der Waals surface area contributed by atoms with Gasteiger partial charge < -0.3 is 10.6 Å². The first-order chi connectivity index (χ1) is 9.58. The van der Waals surface area contributed by atoms with Gasteiger partial charge in [-0.1, -0.05) is 12.1 Å². The lowest BCUT2D eigenvalue weighted by Crippen LogP contribution is -2.43. The van der Waals surface area contributed by atoms with Gasteiger partial charge in [0.1, 0.15) is 0 Å². The average Bonchev–Trinajstić information content (AvgIpc) is 2.35. The van der Waals surface area contributed by atoms with Gasteiger partial charge in [0, 0.05) is 12.1 Å². The molecule has 6 nitrogen and oxygen atoms in total. The molecular weight excluding hydrogens is 290 g/mol. The lowest BCUT2D eigenvalue weighted by molar-refractivity contribution is -0.120. The standard InChI is InChI=1S/C14H23N3O3S/c1-14(2,3)17-10-13(18)16-9-8-11-4-6-12(7-5-11)21(15,19)20/h4-7,17H,8-10H2,1-3H3,(H,16,18)(H2,15,19,20). The van der Waals surface area contributed by atoms with E-state index in [2.05, 4.69) is 10.6 Å². The average molecular weight is 313 g/mol. The molecule has 0 radical (unpaired) electrons. The fourth-order valence-electron chi connectivity index (χ4n) is 1.60. The molecule has 0 spiro atoms. The van der Waals surface area contributed by atoms with E-state index in [0.717, 1.165) is 5.56 Å². The minimum Gasteiger partial charge on any atom is -0.355 e. The van der Waals surface area contributed by atoms with Crippen LogP contribution in [-0.4, -0.2) is 33.0 Å². The summed E-state index contributed by atoms with van der Waals surface area (Å²) in [5.74, 6) is -0.0638. The molecule has 0 fully saturated rings. The van der Waals surface area contributed by atoms with Crippen molar-refractivity contribution in [3.63, 3.8) is 0 Å². The number of amides is 1. The SMILES string of the molecule is CC(C)(C)NCC(=O)NCCc1ccc(S(N)(=O)=O)cc1. The van der Waals surface area contributed by atoms with Crippen molar-refractivity contribution in [1.82, 2.24) is 10.6 Å². The molecule has 7 heteroatoms. The summed E-state index contributed by atoms with van der Waals surface area (Å²) in [6.07, 6.45) is 0.631. The third-order valence-electron chi connectivity index (χ3n) is 2.77. The van der Waals surface area contributed by atoms with Gasteiger partial charge in [-0.05, 0) is 44.9 Å². The monoisotopic (exact) mass is 313 g/mol. The number of hydrogen-bond acceptors (Lipinski definition) is 4. The molecule has 1 aromatic carbocycles. The maximum Gasteiger partial charge on any atom is 0.238 e. The van der Waals surface area contributed by atoms with E-state index in [0.29, 0.717) is 13.0 Å². The van der Waals surface area contributed by atoms with Crippen molar-refractivity contribution in [2.24, 2.45) is 5.14 Å². The van der Waals surface area contributed by atoms with Crippen molar-refractivity contribution in [3.05, 3.63) is 29.8 Å². The van der Waals surface area contributed by atoms with E-state index in [9.17, 15) is 13.2 Å². The molecule has 0 aromatic heterocycles. The molecule has 1 aromatic rings. The zero-order valence-electron chi connectivity index (χ0n) is 12.6. The molecule has 0 saturated heterocycles. The summed E-state index contributed by atoms with van der Waals surface area (Å²) < 4.78 is 22.2. The summed E-state index contributed by atoms with van der Waals surface area (Å²) in [6, 6.07) is 6.32. The maximum absolute atomic E-state index is 11.6. The summed E-state index contributed by atoms with van der Waals surface area (Å²) in [6.45, 7) is 6.75. The number of nitrogens with one attached hydrogen (secondary N) is 2. The summed E-state index contributed by atoms with van der Waals surface area (Å²) >= 11 is 0. The molecular formula is C14H23N3O3S. The highest BCUT2D eigenvalue weighted by atomic mass is 32.2. The van der Waals surface area contributed by atoms with E-state index < -0.39 is 10.0 Å². The minimum absolute atomic E-state index is 0.0638. The van der Waals surface area contributed by atoms with Gasteiger partial charge >= 0.3 is 0 Å². The molecule has 1 amide bonds. The van der Waals surface area contributed by atoms with Gasteiger partial charge in [-0.2, -0.15) is 0 Å². The van der Waals surface area contributed by atoms with Crippen molar-refractivity contribution >= 4 is 15.9 Å². The van der Waals surface area contributed by atoms with Crippen LogP contribution in [0.1, 0.15) is 26.3 Å². The zero-order chi connectivity index (χ0) is 16.1. The van der Waals surface area contributed by atoms with E-state index in [-0.39, 0.29) is 22.9 Å². The van der Waals surface area contributed by atoms with Crippen molar-refractivity contribution < 1.29 is 13.2 Å². The highest BCUT2D eigenvalue weighted by Gasteiger charge is 2.11. The Bertz CT molecular complexity index is 574. The zero-order valence-corrected chi connectivity index (χ0v) is 13.5. The highest BCUT2D eigenvalue weighted by Crippen LogP contribution is 2.08. The smallest absolute Gasteiger partial charge is 0.238 e. The first-order valence-electron chi connectivity index (χ1n) is 6.71. The van der Waals surface area contributed by atoms with Crippen molar-refractivity contribution in [1.29, 1.82) is 0 Å². The van der Waals surface area contributed by atoms with Gasteiger partial charge in [-0.15, -0.1) is 0 Å². The molecule has 21 heavy (non-hydrogen) atoms. The van der Waals surface area contributed by atoms with Gasteiger partial charge in [-0.3, -0.25) is 4.79 Å². The fourth-order valence-corrected chi connectivity index (χ4v) is 2.12. The van der Waals surface area contributed by atoms with Crippen LogP contribution in [0.15, 0.2) is 29.2 Å². The largest absolute Gasteiger partial charge is 0.355 e. The Balaban J connectivity index is 2.38. The van der Waals surface area contributed by atoms with Gasteiger partial charge in [0.2, 0.25) is 15.9 Å². The van der Waals surface area contributed by atoms with E-state index in [1.807, 2.05) is 20.8 Å². The number of rotatable bonds is 6. The Labute approximate surface area is 126 Å². The van der Waals surface area contributed by atoms with Crippen LogP contribution in [0.5, 0.6) is 0 Å². The molecule has 118 valence electrons.